The van der Waals surface area contributed by atoms with Crippen molar-refractivity contribution in [3.8, 4) is 97.5 Å². The second-order valence-corrected chi connectivity index (χ2v) is 17.9. The number of thiophene rings is 1. The molecule has 0 saturated heterocycles. The lowest BCUT2D eigenvalue weighted by molar-refractivity contribution is 1.06. The van der Waals surface area contributed by atoms with Crippen molar-refractivity contribution >= 4 is 53.3 Å². The van der Waals surface area contributed by atoms with Crippen LogP contribution in [0.4, 0.5) is 0 Å². The van der Waals surface area contributed by atoms with Crippen LogP contribution in [-0.4, -0.2) is 19.5 Å². The third-order valence-electron chi connectivity index (χ3n) is 12.7. The summed E-state index contributed by atoms with van der Waals surface area (Å²) in [4.78, 5) is 15.6. The van der Waals surface area contributed by atoms with Gasteiger partial charge in [-0.05, 0) is 112 Å². The fraction of sp³-hybridized carbons (Fsp3) is 0. The summed E-state index contributed by atoms with van der Waals surface area (Å²) in [5.74, 6) is 1.57. The lowest BCUT2D eigenvalue weighted by atomic mass is 9.97. The maximum absolute atomic E-state index is 9.93. The molecule has 3 aromatic heterocycles. The highest BCUT2D eigenvalue weighted by Crippen LogP contribution is 2.44. The van der Waals surface area contributed by atoms with E-state index in [4.69, 9.17) is 15.0 Å². The Morgan fingerprint density at radius 3 is 1.37 bits per heavy atom. The van der Waals surface area contributed by atoms with E-state index < -0.39 is 0 Å². The number of hydrogen-bond acceptors (Lipinski definition) is 8. The minimum atomic E-state index is 0.391. The average Bonchev–Trinajstić information content (AvgIpc) is 3.98. The second kappa shape index (κ2) is 17.0. The van der Waals surface area contributed by atoms with Crippen molar-refractivity contribution in [2.24, 2.45) is 0 Å². The first kappa shape index (κ1) is 41.4. The molecular formula is C61H32N8S. The number of nitrogens with zero attached hydrogens (tertiary/aromatic N) is 8. The summed E-state index contributed by atoms with van der Waals surface area (Å²) in [6.07, 6.45) is 0. The van der Waals surface area contributed by atoms with Gasteiger partial charge in [0.2, 0.25) is 0 Å². The number of nitriles is 4. The van der Waals surface area contributed by atoms with Gasteiger partial charge in [-0.1, -0.05) is 115 Å². The van der Waals surface area contributed by atoms with Crippen LogP contribution >= 0.6 is 11.3 Å². The van der Waals surface area contributed by atoms with Crippen LogP contribution in [0.25, 0.3) is 115 Å². The highest BCUT2D eigenvalue weighted by molar-refractivity contribution is 7.26. The van der Waals surface area contributed by atoms with E-state index in [9.17, 15) is 21.0 Å². The van der Waals surface area contributed by atoms with Crippen molar-refractivity contribution in [2.75, 3.05) is 0 Å². The highest BCUT2D eigenvalue weighted by Gasteiger charge is 2.23. The Kier molecular flexibility index (Phi) is 10.1. The number of hydrogen-bond donors (Lipinski definition) is 0. The maximum Gasteiger partial charge on any atom is 0.166 e. The van der Waals surface area contributed by atoms with Gasteiger partial charge in [0.05, 0.1) is 63.3 Å². The molecule has 0 aliphatic heterocycles. The summed E-state index contributed by atoms with van der Waals surface area (Å²) < 4.78 is 4.64. The summed E-state index contributed by atoms with van der Waals surface area (Å²) in [5, 5.41) is 43.9. The summed E-state index contributed by atoms with van der Waals surface area (Å²) in [7, 11) is 0. The molecule has 8 nitrogen and oxygen atoms in total. The molecule has 0 unspecified atom stereocenters. The van der Waals surface area contributed by atoms with Gasteiger partial charge in [0.15, 0.2) is 17.5 Å². The standard InChI is InChI=1S/C61H32N8S/c62-33-37-24-38(34-63)27-46(26-37)43-18-21-54-51(30-43)52-31-44(47-28-39(35-64)25-40(29-47)36-65)19-22-55(52)69(54)56-23-20-45(48-15-9-16-50-49-14-7-8-17-57(49)70-58(48)50)32-53(56)61-67-59(41-10-3-1-4-11-41)66-60(68-61)42-12-5-2-6-13-42/h1-32H. The van der Waals surface area contributed by atoms with Gasteiger partial charge < -0.3 is 4.57 Å². The van der Waals surface area contributed by atoms with Gasteiger partial charge in [-0.25, -0.2) is 15.0 Å². The summed E-state index contributed by atoms with van der Waals surface area (Å²) in [6, 6.07) is 73.0. The third-order valence-corrected chi connectivity index (χ3v) is 13.9. The molecule has 0 radical (unpaired) electrons. The van der Waals surface area contributed by atoms with Crippen LogP contribution in [0.2, 0.25) is 0 Å². The zero-order valence-corrected chi connectivity index (χ0v) is 37.8. The average molecular weight is 909 g/mol. The topological polar surface area (TPSA) is 139 Å². The molecule has 0 atom stereocenters. The molecule has 0 bridgehead atoms. The van der Waals surface area contributed by atoms with Gasteiger partial charge in [0.25, 0.3) is 0 Å². The minimum Gasteiger partial charge on any atom is -0.308 e. The van der Waals surface area contributed by atoms with E-state index in [-0.39, 0.29) is 0 Å². The first-order chi connectivity index (χ1) is 34.5. The van der Waals surface area contributed by atoms with Gasteiger partial charge in [0, 0.05) is 47.6 Å². The van der Waals surface area contributed by atoms with Crippen LogP contribution in [-0.2, 0) is 0 Å². The number of rotatable bonds is 7. The van der Waals surface area contributed by atoms with E-state index in [1.807, 2.05) is 72.8 Å². The Labute approximate surface area is 405 Å². The van der Waals surface area contributed by atoms with Crippen molar-refractivity contribution < 1.29 is 0 Å². The van der Waals surface area contributed by atoms with Crippen molar-refractivity contribution in [3.05, 3.63) is 216 Å². The van der Waals surface area contributed by atoms with Crippen LogP contribution in [0.3, 0.4) is 0 Å². The SMILES string of the molecule is N#Cc1cc(C#N)cc(-c2ccc3c(c2)c2cc(-c4cc(C#N)cc(C#N)c4)ccc2n3-c2ccc(-c3cccc4c3sc3ccccc34)cc2-c2nc(-c3ccccc3)nc(-c3ccccc3)n2)c1. The molecule has 9 heteroatoms. The third kappa shape index (κ3) is 7.17. The van der Waals surface area contributed by atoms with E-state index in [2.05, 4.69) is 114 Å². The van der Waals surface area contributed by atoms with Crippen molar-refractivity contribution in [3.63, 3.8) is 0 Å². The molecular weight excluding hydrogens is 877 g/mol. The van der Waals surface area contributed by atoms with Crippen molar-refractivity contribution in [1.82, 2.24) is 19.5 Å². The normalized spacial score (nSPS) is 11.1. The van der Waals surface area contributed by atoms with Crippen LogP contribution in [0, 0.1) is 45.3 Å². The molecule has 12 rings (SSSR count). The van der Waals surface area contributed by atoms with E-state index in [1.165, 1.54) is 20.2 Å². The van der Waals surface area contributed by atoms with E-state index in [0.29, 0.717) is 39.7 Å². The Bertz CT molecular complexity index is 4040. The minimum absolute atomic E-state index is 0.391. The van der Waals surface area contributed by atoms with Gasteiger partial charge >= 0.3 is 0 Å². The van der Waals surface area contributed by atoms with E-state index in [0.717, 1.165) is 77.6 Å². The van der Waals surface area contributed by atoms with Gasteiger partial charge in [0.1, 0.15) is 0 Å². The number of benzene rings is 9. The molecule has 3 heterocycles. The fourth-order valence-electron chi connectivity index (χ4n) is 9.47. The van der Waals surface area contributed by atoms with Gasteiger partial charge in [-0.15, -0.1) is 11.3 Å². The number of fused-ring (bicyclic) bond motifs is 6. The lowest BCUT2D eigenvalue weighted by Gasteiger charge is -2.17. The molecule has 0 fully saturated rings. The zero-order valence-electron chi connectivity index (χ0n) is 37.0. The molecule has 12 aromatic rings. The Hall–Kier alpha value is -10.0. The molecule has 0 aliphatic rings. The molecule has 0 aliphatic carbocycles. The fourth-order valence-corrected chi connectivity index (χ4v) is 10.7. The first-order valence-electron chi connectivity index (χ1n) is 22.4. The first-order valence-corrected chi connectivity index (χ1v) is 23.2. The molecule has 0 N–H and O–H groups in total. The van der Waals surface area contributed by atoms with E-state index in [1.54, 1.807) is 47.7 Å². The monoisotopic (exact) mass is 908 g/mol. The maximum atomic E-state index is 9.93. The Balaban J connectivity index is 1.17. The van der Waals surface area contributed by atoms with Crippen molar-refractivity contribution in [1.29, 1.82) is 21.0 Å². The van der Waals surface area contributed by atoms with E-state index >= 15 is 0 Å². The molecule has 9 aromatic carbocycles. The summed E-state index contributed by atoms with van der Waals surface area (Å²) >= 11 is 1.78. The second-order valence-electron chi connectivity index (χ2n) is 16.9. The predicted molar refractivity (Wildman–Crippen MR) is 279 cm³/mol. The molecule has 0 saturated carbocycles. The predicted octanol–water partition coefficient (Wildman–Crippen LogP) is 14.8. The van der Waals surface area contributed by atoms with Crippen molar-refractivity contribution in [2.45, 2.75) is 0 Å². The smallest absolute Gasteiger partial charge is 0.166 e. The molecule has 0 amide bonds. The van der Waals surface area contributed by atoms with Crippen LogP contribution in [0.5, 0.6) is 0 Å². The summed E-state index contributed by atoms with van der Waals surface area (Å²) in [5.41, 5.74) is 11.9. The van der Waals surface area contributed by atoms with Crippen LogP contribution in [0.15, 0.2) is 194 Å². The highest BCUT2D eigenvalue weighted by atomic mass is 32.1. The summed E-state index contributed by atoms with van der Waals surface area (Å²) in [6.45, 7) is 0. The van der Waals surface area contributed by atoms with Crippen LogP contribution in [0.1, 0.15) is 22.3 Å². The molecule has 70 heavy (non-hydrogen) atoms. The van der Waals surface area contributed by atoms with Gasteiger partial charge in [-0.2, -0.15) is 21.0 Å². The van der Waals surface area contributed by atoms with Crippen LogP contribution < -0.4 is 0 Å². The lowest BCUT2D eigenvalue weighted by Crippen LogP contribution is -2.04. The zero-order chi connectivity index (χ0) is 47.3. The Morgan fingerprint density at radius 1 is 0.343 bits per heavy atom. The quantitative estimate of drug-likeness (QED) is 0.155. The largest absolute Gasteiger partial charge is 0.308 e. The number of aromatic nitrogens is 4. The molecule has 0 spiro atoms. The molecule has 322 valence electrons. The van der Waals surface area contributed by atoms with Gasteiger partial charge in [-0.3, -0.25) is 0 Å². The Morgan fingerprint density at radius 2 is 0.829 bits per heavy atom.